The van der Waals surface area contributed by atoms with Gasteiger partial charge in [0.2, 0.25) is 5.91 Å². The maximum Gasteiger partial charge on any atom is 0.333 e. The zero-order valence-corrected chi connectivity index (χ0v) is 10.7. The van der Waals surface area contributed by atoms with Gasteiger partial charge in [-0.3, -0.25) is 4.79 Å². The average molecular weight is 239 g/mol. The summed E-state index contributed by atoms with van der Waals surface area (Å²) in [6.45, 7) is 3.02. The zero-order valence-electron chi connectivity index (χ0n) is 10.7. The van der Waals surface area contributed by atoms with Crippen molar-refractivity contribution in [2.75, 3.05) is 20.2 Å². The summed E-state index contributed by atoms with van der Waals surface area (Å²) in [7, 11) is 1.36. The highest BCUT2D eigenvalue weighted by atomic mass is 16.5. The van der Waals surface area contributed by atoms with E-state index in [1.807, 2.05) is 4.90 Å². The predicted octanol–water partition coefficient (Wildman–Crippen LogP) is 1.90. The Balaban J connectivity index is 2.52. The minimum atomic E-state index is -0.329. The number of likely N-dealkylation sites (tertiary alicyclic amines) is 1. The van der Waals surface area contributed by atoms with Crippen LogP contribution in [-0.2, 0) is 14.3 Å². The van der Waals surface area contributed by atoms with Gasteiger partial charge in [0.25, 0.3) is 0 Å². The van der Waals surface area contributed by atoms with E-state index in [0.717, 1.165) is 25.8 Å². The Labute approximate surface area is 103 Å². The maximum atomic E-state index is 11.8. The summed E-state index contributed by atoms with van der Waals surface area (Å²) in [5, 5.41) is 0. The summed E-state index contributed by atoms with van der Waals surface area (Å²) in [4.78, 5) is 24.8. The second-order valence-electron chi connectivity index (χ2n) is 4.38. The quantitative estimate of drug-likeness (QED) is 0.558. The molecule has 1 aliphatic heterocycles. The molecule has 17 heavy (non-hydrogen) atoms. The molecule has 1 heterocycles. The van der Waals surface area contributed by atoms with Crippen LogP contribution in [0.25, 0.3) is 0 Å². The third-order valence-electron chi connectivity index (χ3n) is 3.05. The fourth-order valence-corrected chi connectivity index (χ4v) is 1.90. The van der Waals surface area contributed by atoms with Crippen LogP contribution in [0.4, 0.5) is 0 Å². The van der Waals surface area contributed by atoms with Gasteiger partial charge in [-0.25, -0.2) is 4.79 Å². The van der Waals surface area contributed by atoms with Crippen molar-refractivity contribution in [2.24, 2.45) is 0 Å². The molecule has 4 heteroatoms. The molecule has 0 aliphatic carbocycles. The highest BCUT2D eigenvalue weighted by Gasteiger charge is 2.14. The van der Waals surface area contributed by atoms with E-state index >= 15 is 0 Å². The van der Waals surface area contributed by atoms with Crippen LogP contribution >= 0.6 is 0 Å². The smallest absolute Gasteiger partial charge is 0.333 e. The van der Waals surface area contributed by atoms with Gasteiger partial charge in [0.15, 0.2) is 0 Å². The molecule has 1 amide bonds. The molecule has 0 atom stereocenters. The van der Waals surface area contributed by atoms with Crippen molar-refractivity contribution >= 4 is 11.9 Å². The monoisotopic (exact) mass is 239 g/mol. The molecule has 1 fully saturated rings. The molecule has 96 valence electrons. The summed E-state index contributed by atoms with van der Waals surface area (Å²) >= 11 is 0. The van der Waals surface area contributed by atoms with E-state index in [2.05, 4.69) is 4.74 Å². The van der Waals surface area contributed by atoms with Crippen LogP contribution < -0.4 is 0 Å². The average Bonchev–Trinajstić information content (AvgIpc) is 2.32. The lowest BCUT2D eigenvalue weighted by Crippen LogP contribution is -2.33. The van der Waals surface area contributed by atoms with Crippen molar-refractivity contribution in [3.05, 3.63) is 11.6 Å². The Morgan fingerprint density at radius 1 is 1.35 bits per heavy atom. The SMILES string of the molecule is COC(=O)C(C)=CCN1CCCCCCC1=O. The number of carbonyl (C=O) groups is 2. The Morgan fingerprint density at radius 2 is 2.06 bits per heavy atom. The molecular weight excluding hydrogens is 218 g/mol. The van der Waals surface area contributed by atoms with Crippen molar-refractivity contribution in [1.82, 2.24) is 4.90 Å². The molecule has 0 aromatic carbocycles. The summed E-state index contributed by atoms with van der Waals surface area (Å²) in [6.07, 6.45) is 6.77. The Kier molecular flexibility index (Phi) is 5.73. The van der Waals surface area contributed by atoms with Crippen molar-refractivity contribution < 1.29 is 14.3 Å². The van der Waals surface area contributed by atoms with E-state index in [1.165, 1.54) is 13.5 Å². The third-order valence-corrected chi connectivity index (χ3v) is 3.05. The van der Waals surface area contributed by atoms with Gasteiger partial charge in [-0.2, -0.15) is 0 Å². The summed E-state index contributed by atoms with van der Waals surface area (Å²) in [5.74, 6) is -0.136. The van der Waals surface area contributed by atoms with Gasteiger partial charge in [0, 0.05) is 25.1 Å². The van der Waals surface area contributed by atoms with Crippen molar-refractivity contribution in [2.45, 2.75) is 39.0 Å². The minimum Gasteiger partial charge on any atom is -0.466 e. The molecule has 0 aromatic rings. The van der Waals surface area contributed by atoms with Crippen LogP contribution in [0.15, 0.2) is 11.6 Å². The van der Waals surface area contributed by atoms with Gasteiger partial charge in [-0.05, 0) is 19.8 Å². The van der Waals surface area contributed by atoms with E-state index in [-0.39, 0.29) is 11.9 Å². The van der Waals surface area contributed by atoms with E-state index in [9.17, 15) is 9.59 Å². The van der Waals surface area contributed by atoms with Gasteiger partial charge >= 0.3 is 5.97 Å². The number of nitrogens with zero attached hydrogens (tertiary/aromatic N) is 1. The van der Waals surface area contributed by atoms with Crippen LogP contribution in [0.2, 0.25) is 0 Å². The first-order valence-corrected chi connectivity index (χ1v) is 6.18. The first-order valence-electron chi connectivity index (χ1n) is 6.18. The molecule has 1 saturated heterocycles. The molecule has 1 rings (SSSR count). The van der Waals surface area contributed by atoms with Crippen LogP contribution in [0.3, 0.4) is 0 Å². The number of hydrogen-bond donors (Lipinski definition) is 0. The van der Waals surface area contributed by atoms with Gasteiger partial charge in [0.05, 0.1) is 7.11 Å². The zero-order chi connectivity index (χ0) is 12.7. The molecule has 0 N–H and O–H groups in total. The second kappa shape index (κ2) is 7.09. The molecule has 4 nitrogen and oxygen atoms in total. The van der Waals surface area contributed by atoms with Crippen molar-refractivity contribution in [1.29, 1.82) is 0 Å². The van der Waals surface area contributed by atoms with Crippen molar-refractivity contribution in [3.63, 3.8) is 0 Å². The fourth-order valence-electron chi connectivity index (χ4n) is 1.90. The maximum absolute atomic E-state index is 11.8. The standard InChI is InChI=1S/C13H21NO3/c1-11(13(16)17-2)8-10-14-9-6-4-3-5-7-12(14)15/h8H,3-7,9-10H2,1-2H3. The van der Waals surface area contributed by atoms with Crippen LogP contribution in [-0.4, -0.2) is 37.0 Å². The molecule has 0 saturated carbocycles. The second-order valence-corrected chi connectivity index (χ2v) is 4.38. The molecule has 1 aliphatic rings. The lowest BCUT2D eigenvalue weighted by Gasteiger charge is -2.23. The van der Waals surface area contributed by atoms with Crippen LogP contribution in [0.5, 0.6) is 0 Å². The summed E-state index contributed by atoms with van der Waals surface area (Å²) in [6, 6.07) is 0. The van der Waals surface area contributed by atoms with Gasteiger partial charge < -0.3 is 9.64 Å². The molecular formula is C13H21NO3. The molecule has 0 spiro atoms. The lowest BCUT2D eigenvalue weighted by atomic mass is 10.1. The van der Waals surface area contributed by atoms with Gasteiger partial charge in [0.1, 0.15) is 0 Å². The summed E-state index contributed by atoms with van der Waals surface area (Å²) < 4.78 is 4.61. The van der Waals surface area contributed by atoms with E-state index in [4.69, 9.17) is 0 Å². The highest BCUT2D eigenvalue weighted by molar-refractivity contribution is 5.87. The predicted molar refractivity (Wildman–Crippen MR) is 65.4 cm³/mol. The number of methoxy groups -OCH3 is 1. The fraction of sp³-hybridized carbons (Fsp3) is 0.692. The largest absolute Gasteiger partial charge is 0.466 e. The molecule has 0 radical (unpaired) electrons. The number of rotatable bonds is 3. The summed E-state index contributed by atoms with van der Waals surface area (Å²) in [5.41, 5.74) is 0.558. The first kappa shape index (κ1) is 13.7. The normalized spacial score (nSPS) is 18.6. The molecule has 0 unspecified atom stereocenters. The van der Waals surface area contributed by atoms with Crippen molar-refractivity contribution in [3.8, 4) is 0 Å². The number of ether oxygens (including phenoxy) is 1. The number of carbonyl (C=O) groups excluding carboxylic acids is 2. The highest BCUT2D eigenvalue weighted by Crippen LogP contribution is 2.12. The van der Waals surface area contributed by atoms with E-state index in [0.29, 0.717) is 18.5 Å². The molecule has 0 aromatic heterocycles. The first-order chi connectivity index (χ1) is 8.15. The number of amides is 1. The van der Waals surface area contributed by atoms with Gasteiger partial charge in [-0.15, -0.1) is 0 Å². The topological polar surface area (TPSA) is 46.6 Å². The Hall–Kier alpha value is -1.32. The van der Waals surface area contributed by atoms with Crippen LogP contribution in [0.1, 0.15) is 39.0 Å². The number of hydrogen-bond acceptors (Lipinski definition) is 3. The Morgan fingerprint density at radius 3 is 2.76 bits per heavy atom. The van der Waals surface area contributed by atoms with E-state index < -0.39 is 0 Å². The van der Waals surface area contributed by atoms with Gasteiger partial charge in [-0.1, -0.05) is 18.9 Å². The van der Waals surface area contributed by atoms with Crippen LogP contribution in [0, 0.1) is 0 Å². The lowest BCUT2D eigenvalue weighted by molar-refractivity contribution is -0.136. The third kappa shape index (κ3) is 4.59. The number of esters is 1. The molecule has 0 bridgehead atoms. The minimum absolute atomic E-state index is 0.193. The Bertz CT molecular complexity index is 310. The van der Waals surface area contributed by atoms with E-state index in [1.54, 1.807) is 13.0 Å².